The van der Waals surface area contributed by atoms with Crippen LogP contribution in [0.2, 0.25) is 0 Å². The molecule has 2 aliphatic heterocycles. The molecule has 2 bridgehead atoms. The van der Waals surface area contributed by atoms with Gasteiger partial charge in [0.2, 0.25) is 6.79 Å². The molecule has 4 atom stereocenters. The van der Waals surface area contributed by atoms with Crippen molar-refractivity contribution < 1.29 is 19.1 Å². The van der Waals surface area contributed by atoms with Crippen LogP contribution >= 0.6 is 0 Å². The number of hydrogen-bond donors (Lipinski definition) is 0. The second kappa shape index (κ2) is 4.31. The molecule has 25 heavy (non-hydrogen) atoms. The van der Waals surface area contributed by atoms with Crippen molar-refractivity contribution in [3.8, 4) is 11.5 Å². The van der Waals surface area contributed by atoms with Crippen molar-refractivity contribution in [3.05, 3.63) is 35.9 Å². The second-order valence-corrected chi connectivity index (χ2v) is 7.57. The Bertz CT molecular complexity index is 851. The van der Waals surface area contributed by atoms with Crippen molar-refractivity contribution in [2.45, 2.75) is 12.8 Å². The van der Waals surface area contributed by atoms with E-state index in [2.05, 4.69) is 17.3 Å². The molecule has 0 N–H and O–H groups in total. The predicted octanol–water partition coefficient (Wildman–Crippen LogP) is 1.95. The molecule has 1 aromatic carbocycles. The highest BCUT2D eigenvalue weighted by Crippen LogP contribution is 2.73. The number of allylic oxidation sites excluding steroid dienone is 2. The molecule has 6 heteroatoms. The summed E-state index contributed by atoms with van der Waals surface area (Å²) in [6.45, 7) is 0.208. The van der Waals surface area contributed by atoms with Crippen molar-refractivity contribution in [3.63, 3.8) is 0 Å². The van der Waals surface area contributed by atoms with E-state index < -0.39 is 0 Å². The fourth-order valence-electron chi connectivity index (χ4n) is 5.29. The van der Waals surface area contributed by atoms with Gasteiger partial charge in [-0.15, -0.1) is 0 Å². The van der Waals surface area contributed by atoms with Gasteiger partial charge in [-0.25, -0.2) is 0 Å². The number of ether oxygens (including phenoxy) is 2. The molecule has 0 radical (unpaired) electrons. The molecule has 2 amide bonds. The van der Waals surface area contributed by atoms with Crippen LogP contribution in [-0.2, 0) is 9.59 Å². The molecule has 1 spiro atoms. The van der Waals surface area contributed by atoms with E-state index >= 15 is 0 Å². The van der Waals surface area contributed by atoms with E-state index in [4.69, 9.17) is 9.47 Å². The van der Waals surface area contributed by atoms with Gasteiger partial charge in [-0.1, -0.05) is 12.2 Å². The molecule has 2 saturated carbocycles. The molecule has 126 valence electrons. The van der Waals surface area contributed by atoms with Gasteiger partial charge in [0.05, 0.1) is 18.1 Å². The van der Waals surface area contributed by atoms with Crippen LogP contribution in [0.15, 0.2) is 35.5 Å². The van der Waals surface area contributed by atoms with Crippen LogP contribution in [0.1, 0.15) is 18.4 Å². The van der Waals surface area contributed by atoms with Crippen molar-refractivity contribution in [2.75, 3.05) is 6.79 Å². The third-order valence-electron chi connectivity index (χ3n) is 6.55. The summed E-state index contributed by atoms with van der Waals surface area (Å²) in [7, 11) is 0. The summed E-state index contributed by atoms with van der Waals surface area (Å²) >= 11 is 0. The second-order valence-electron chi connectivity index (χ2n) is 7.57. The average Bonchev–Trinajstić information content (AvgIpc) is 2.90. The first-order chi connectivity index (χ1) is 12.2. The molecule has 6 nitrogen and oxygen atoms in total. The number of rotatable bonds is 2. The number of nitrogens with zero attached hydrogens (tertiary/aromatic N) is 2. The Kier molecular flexibility index (Phi) is 2.35. The van der Waals surface area contributed by atoms with Crippen LogP contribution in [0.25, 0.3) is 0 Å². The Morgan fingerprint density at radius 2 is 1.72 bits per heavy atom. The lowest BCUT2D eigenvalue weighted by Crippen LogP contribution is -2.30. The maximum absolute atomic E-state index is 12.8. The highest BCUT2D eigenvalue weighted by Gasteiger charge is 2.73. The van der Waals surface area contributed by atoms with Gasteiger partial charge >= 0.3 is 0 Å². The van der Waals surface area contributed by atoms with Gasteiger partial charge in [0, 0.05) is 0 Å². The van der Waals surface area contributed by atoms with Crippen molar-refractivity contribution in [1.29, 1.82) is 0 Å². The standard InChI is InChI=1S/C19H16N2O4/c22-17-15-11-2-3-12(19(11)5-6-19)16(15)18(23)21(17)20-8-10-1-4-13-14(7-10)25-9-24-13/h1-4,7-8,11-12,15-16H,5-6,9H2/t11-,12-,15-,16+/m1/s1. The lowest BCUT2D eigenvalue weighted by Gasteiger charge is -2.18. The summed E-state index contributed by atoms with van der Waals surface area (Å²) in [5, 5.41) is 5.30. The number of imide groups is 1. The minimum Gasteiger partial charge on any atom is -0.454 e. The molecule has 6 rings (SSSR count). The van der Waals surface area contributed by atoms with Gasteiger partial charge < -0.3 is 9.47 Å². The van der Waals surface area contributed by atoms with Crippen molar-refractivity contribution in [1.82, 2.24) is 5.01 Å². The number of hydrogen-bond acceptors (Lipinski definition) is 5. The third-order valence-corrected chi connectivity index (χ3v) is 6.55. The molecular formula is C19H16N2O4. The molecule has 3 fully saturated rings. The van der Waals surface area contributed by atoms with Gasteiger partial charge in [0.25, 0.3) is 11.8 Å². The van der Waals surface area contributed by atoms with Crippen LogP contribution in [-0.4, -0.2) is 29.8 Å². The predicted molar refractivity (Wildman–Crippen MR) is 86.8 cm³/mol. The van der Waals surface area contributed by atoms with E-state index in [0.717, 1.165) is 23.4 Å². The Morgan fingerprint density at radius 3 is 2.40 bits per heavy atom. The first-order valence-corrected chi connectivity index (χ1v) is 8.69. The first kappa shape index (κ1) is 13.6. The Labute approximate surface area is 144 Å². The summed E-state index contributed by atoms with van der Waals surface area (Å²) in [4.78, 5) is 25.6. The Morgan fingerprint density at radius 1 is 1.04 bits per heavy atom. The topological polar surface area (TPSA) is 68.2 Å². The minimum absolute atomic E-state index is 0.143. The molecule has 0 unspecified atom stereocenters. The molecule has 0 aromatic heterocycles. The van der Waals surface area contributed by atoms with Crippen LogP contribution in [0.4, 0.5) is 0 Å². The highest BCUT2D eigenvalue weighted by molar-refractivity contribution is 6.07. The van der Waals surface area contributed by atoms with Gasteiger partial charge in [-0.2, -0.15) is 10.1 Å². The van der Waals surface area contributed by atoms with Crippen molar-refractivity contribution in [2.24, 2.45) is 34.2 Å². The summed E-state index contributed by atoms with van der Waals surface area (Å²) < 4.78 is 10.6. The SMILES string of the molecule is O=C1[C@@H]2[C@H](C(=O)N1N=Cc1ccc3c(c1)OCO3)[C@H]1C=C[C@H]2C12CC2. The fraction of sp³-hybridized carbons (Fsp3) is 0.421. The maximum Gasteiger partial charge on any atom is 0.254 e. The molecular weight excluding hydrogens is 320 g/mol. The third kappa shape index (κ3) is 1.57. The smallest absolute Gasteiger partial charge is 0.254 e. The lowest BCUT2D eigenvalue weighted by molar-refractivity contribution is -0.141. The zero-order valence-electron chi connectivity index (χ0n) is 13.4. The molecule has 2 heterocycles. The van der Waals surface area contributed by atoms with E-state index in [1.165, 1.54) is 0 Å². The molecule has 5 aliphatic rings. The summed E-state index contributed by atoms with van der Waals surface area (Å²) in [6.07, 6.45) is 8.15. The van der Waals surface area contributed by atoms with Crippen LogP contribution in [0.3, 0.4) is 0 Å². The highest BCUT2D eigenvalue weighted by atomic mass is 16.7. The number of hydrazone groups is 1. The number of fused-ring (bicyclic) bond motifs is 4. The molecule has 3 aliphatic carbocycles. The largest absolute Gasteiger partial charge is 0.454 e. The van der Waals surface area contributed by atoms with Gasteiger partial charge in [0.1, 0.15) is 0 Å². The first-order valence-electron chi connectivity index (χ1n) is 8.69. The number of benzene rings is 1. The minimum atomic E-state index is -0.209. The summed E-state index contributed by atoms with van der Waals surface area (Å²) in [5.41, 5.74) is 0.981. The van der Waals surface area contributed by atoms with E-state index in [1.807, 2.05) is 6.07 Å². The van der Waals surface area contributed by atoms with E-state index in [0.29, 0.717) is 11.5 Å². The van der Waals surface area contributed by atoms with Gasteiger partial charge in [-0.05, 0) is 53.9 Å². The number of carbonyl (C=O) groups is 2. The van der Waals surface area contributed by atoms with Crippen molar-refractivity contribution >= 4 is 18.0 Å². The van der Waals surface area contributed by atoms with Crippen LogP contribution in [0.5, 0.6) is 11.5 Å². The van der Waals surface area contributed by atoms with Gasteiger partial charge in [0.15, 0.2) is 11.5 Å². The normalized spacial score (nSPS) is 35.4. The molecule has 1 saturated heterocycles. The van der Waals surface area contributed by atoms with E-state index in [-0.39, 0.29) is 47.7 Å². The zero-order chi connectivity index (χ0) is 16.8. The molecule has 1 aromatic rings. The van der Waals surface area contributed by atoms with E-state index in [9.17, 15) is 9.59 Å². The monoisotopic (exact) mass is 336 g/mol. The Hall–Kier alpha value is -2.63. The fourth-order valence-corrected chi connectivity index (χ4v) is 5.29. The Balaban J connectivity index is 1.29. The van der Waals surface area contributed by atoms with Gasteiger partial charge in [-0.3, -0.25) is 9.59 Å². The number of carbonyl (C=O) groups excluding carboxylic acids is 2. The quantitative estimate of drug-likeness (QED) is 0.470. The van der Waals surface area contributed by atoms with E-state index in [1.54, 1.807) is 18.3 Å². The summed E-state index contributed by atoms with van der Waals surface area (Å²) in [5.74, 6) is 1.09. The lowest BCUT2D eigenvalue weighted by atomic mass is 9.85. The number of amides is 2. The van der Waals surface area contributed by atoms with Crippen LogP contribution in [0, 0.1) is 29.1 Å². The summed E-state index contributed by atoms with van der Waals surface area (Å²) in [6, 6.07) is 5.42. The van der Waals surface area contributed by atoms with Crippen LogP contribution < -0.4 is 9.47 Å². The maximum atomic E-state index is 12.8. The zero-order valence-corrected chi connectivity index (χ0v) is 13.4. The average molecular weight is 336 g/mol.